The van der Waals surface area contributed by atoms with E-state index in [1.54, 1.807) is 18.2 Å². The second-order valence-corrected chi connectivity index (χ2v) is 6.88. The molecule has 0 saturated carbocycles. The number of nitrogens with two attached hydrogens (primary N) is 1. The molecule has 0 atom stereocenters. The standard InChI is InChI=1S/C13H9IN2O2S/c14-11-7-10(5-6-12(11)16)19(17,18)13-4-2-1-3-9(13)8-15/h1-7H,16H2. The maximum absolute atomic E-state index is 12.5. The number of hydrogen-bond acceptors (Lipinski definition) is 4. The Hall–Kier alpha value is -1.59. The molecule has 0 heterocycles. The van der Waals surface area contributed by atoms with Gasteiger partial charge in [-0.15, -0.1) is 0 Å². The number of hydrogen-bond donors (Lipinski definition) is 1. The number of halogens is 1. The van der Waals surface area contributed by atoms with Gasteiger partial charge in [-0.1, -0.05) is 12.1 Å². The van der Waals surface area contributed by atoms with Gasteiger partial charge in [0.05, 0.1) is 15.4 Å². The van der Waals surface area contributed by atoms with Crippen LogP contribution >= 0.6 is 22.6 Å². The highest BCUT2D eigenvalue weighted by Crippen LogP contribution is 2.26. The molecule has 0 aliphatic carbocycles. The van der Waals surface area contributed by atoms with Crippen molar-refractivity contribution in [2.45, 2.75) is 9.79 Å². The fourth-order valence-corrected chi connectivity index (χ4v) is 3.76. The topological polar surface area (TPSA) is 84.0 Å². The summed E-state index contributed by atoms with van der Waals surface area (Å²) in [4.78, 5) is 0.145. The molecule has 2 aromatic carbocycles. The zero-order chi connectivity index (χ0) is 14.0. The lowest BCUT2D eigenvalue weighted by Gasteiger charge is -2.07. The Balaban J connectivity index is 2.66. The molecule has 0 aliphatic rings. The van der Waals surface area contributed by atoms with E-state index in [1.165, 1.54) is 24.3 Å². The molecular weight excluding hydrogens is 375 g/mol. The molecule has 2 rings (SSSR count). The summed E-state index contributed by atoms with van der Waals surface area (Å²) in [5.41, 5.74) is 6.33. The van der Waals surface area contributed by atoms with Gasteiger partial charge in [0.25, 0.3) is 0 Å². The normalized spacial score (nSPS) is 10.9. The van der Waals surface area contributed by atoms with Crippen LogP contribution < -0.4 is 5.73 Å². The average molecular weight is 384 g/mol. The smallest absolute Gasteiger partial charge is 0.207 e. The van der Waals surface area contributed by atoms with Gasteiger partial charge in [-0.05, 0) is 52.9 Å². The SMILES string of the molecule is N#Cc1ccccc1S(=O)(=O)c1ccc(N)c(I)c1. The third-order valence-corrected chi connectivity index (χ3v) is 5.32. The number of rotatable bonds is 2. The van der Waals surface area contributed by atoms with E-state index in [0.717, 1.165) is 0 Å². The molecule has 6 heteroatoms. The Morgan fingerprint density at radius 1 is 1.16 bits per heavy atom. The summed E-state index contributed by atoms with van der Waals surface area (Å²) in [6, 6.07) is 12.5. The van der Waals surface area contributed by atoms with Gasteiger partial charge in [0.1, 0.15) is 6.07 Å². The van der Waals surface area contributed by atoms with Crippen molar-refractivity contribution in [1.82, 2.24) is 0 Å². The number of anilines is 1. The quantitative estimate of drug-likeness (QED) is 0.637. The summed E-state index contributed by atoms with van der Waals surface area (Å²) in [5.74, 6) is 0. The first kappa shape index (κ1) is 13.8. The monoisotopic (exact) mass is 384 g/mol. The third kappa shape index (κ3) is 2.57. The van der Waals surface area contributed by atoms with Crippen molar-refractivity contribution in [2.24, 2.45) is 0 Å². The molecular formula is C13H9IN2O2S. The fourth-order valence-electron chi connectivity index (χ4n) is 1.60. The summed E-state index contributed by atoms with van der Waals surface area (Å²) in [7, 11) is -3.70. The molecule has 0 unspecified atom stereocenters. The molecule has 0 amide bonds. The fraction of sp³-hybridized carbons (Fsp3) is 0. The Labute approximate surface area is 124 Å². The molecule has 0 radical (unpaired) electrons. The van der Waals surface area contributed by atoms with Crippen LogP contribution in [0.25, 0.3) is 0 Å². The van der Waals surface area contributed by atoms with Gasteiger partial charge >= 0.3 is 0 Å². The van der Waals surface area contributed by atoms with Crippen molar-refractivity contribution in [3.8, 4) is 6.07 Å². The van der Waals surface area contributed by atoms with Crippen molar-refractivity contribution < 1.29 is 8.42 Å². The molecule has 2 N–H and O–H groups in total. The zero-order valence-electron chi connectivity index (χ0n) is 9.67. The number of sulfone groups is 1. The average Bonchev–Trinajstić information content (AvgIpc) is 2.41. The maximum Gasteiger partial charge on any atom is 0.207 e. The molecule has 2 aromatic rings. The molecule has 0 saturated heterocycles. The van der Waals surface area contributed by atoms with Crippen LogP contribution in [0.15, 0.2) is 52.3 Å². The van der Waals surface area contributed by atoms with Crippen LogP contribution in [-0.4, -0.2) is 8.42 Å². The second-order valence-electron chi connectivity index (χ2n) is 3.79. The Kier molecular flexibility index (Phi) is 3.78. The van der Waals surface area contributed by atoms with Gasteiger partial charge in [0.15, 0.2) is 0 Å². The Morgan fingerprint density at radius 3 is 2.47 bits per heavy atom. The summed E-state index contributed by atoms with van der Waals surface area (Å²) in [6.07, 6.45) is 0. The largest absolute Gasteiger partial charge is 0.398 e. The minimum Gasteiger partial charge on any atom is -0.398 e. The van der Waals surface area contributed by atoms with Gasteiger partial charge in [0.2, 0.25) is 9.84 Å². The van der Waals surface area contributed by atoms with Crippen molar-refractivity contribution in [3.63, 3.8) is 0 Å². The number of nitrogen functional groups attached to an aromatic ring is 1. The van der Waals surface area contributed by atoms with E-state index in [9.17, 15) is 8.42 Å². The second kappa shape index (κ2) is 5.19. The third-order valence-electron chi connectivity index (χ3n) is 2.58. The highest BCUT2D eigenvalue weighted by molar-refractivity contribution is 14.1. The summed E-state index contributed by atoms with van der Waals surface area (Å²) < 4.78 is 25.6. The van der Waals surface area contributed by atoms with E-state index in [4.69, 9.17) is 11.0 Å². The highest BCUT2D eigenvalue weighted by Gasteiger charge is 2.21. The van der Waals surface area contributed by atoms with Gasteiger partial charge in [-0.2, -0.15) is 5.26 Å². The molecule has 0 aliphatic heterocycles. The summed E-state index contributed by atoms with van der Waals surface area (Å²) >= 11 is 1.97. The maximum atomic E-state index is 12.5. The van der Waals surface area contributed by atoms with Crippen LogP contribution in [0, 0.1) is 14.9 Å². The lowest BCUT2D eigenvalue weighted by molar-refractivity contribution is 0.596. The Morgan fingerprint density at radius 2 is 1.84 bits per heavy atom. The predicted molar refractivity (Wildman–Crippen MR) is 80.2 cm³/mol. The van der Waals surface area contributed by atoms with Crippen LogP contribution in [0.2, 0.25) is 0 Å². The van der Waals surface area contributed by atoms with E-state index in [1.807, 2.05) is 28.7 Å². The summed E-state index contributed by atoms with van der Waals surface area (Å²) in [6.45, 7) is 0. The zero-order valence-corrected chi connectivity index (χ0v) is 12.6. The molecule has 0 bridgehead atoms. The van der Waals surface area contributed by atoms with Crippen LogP contribution in [0.4, 0.5) is 5.69 Å². The lowest BCUT2D eigenvalue weighted by atomic mass is 10.2. The first-order valence-electron chi connectivity index (χ1n) is 5.26. The van der Waals surface area contributed by atoms with Gasteiger partial charge < -0.3 is 5.73 Å². The predicted octanol–water partition coefficient (Wildman–Crippen LogP) is 2.58. The lowest BCUT2D eigenvalue weighted by Crippen LogP contribution is -2.05. The van der Waals surface area contributed by atoms with Crippen LogP contribution in [0.3, 0.4) is 0 Å². The van der Waals surface area contributed by atoms with E-state index in [2.05, 4.69) is 0 Å². The van der Waals surface area contributed by atoms with Crippen molar-refractivity contribution in [1.29, 1.82) is 5.26 Å². The molecule has 0 aromatic heterocycles. The van der Waals surface area contributed by atoms with Gasteiger partial charge in [0, 0.05) is 9.26 Å². The minimum atomic E-state index is -3.70. The Bertz CT molecular complexity index is 779. The van der Waals surface area contributed by atoms with Crippen LogP contribution in [0.1, 0.15) is 5.56 Å². The number of nitriles is 1. The van der Waals surface area contributed by atoms with Gasteiger partial charge in [-0.25, -0.2) is 8.42 Å². The van der Waals surface area contributed by atoms with E-state index in [-0.39, 0.29) is 15.4 Å². The molecule has 0 fully saturated rings. The van der Waals surface area contributed by atoms with Crippen LogP contribution in [0.5, 0.6) is 0 Å². The first-order valence-corrected chi connectivity index (χ1v) is 7.82. The molecule has 96 valence electrons. The van der Waals surface area contributed by atoms with Crippen molar-refractivity contribution in [3.05, 3.63) is 51.6 Å². The van der Waals surface area contributed by atoms with Crippen molar-refractivity contribution >= 4 is 38.1 Å². The molecule has 19 heavy (non-hydrogen) atoms. The number of benzene rings is 2. The molecule has 0 spiro atoms. The number of nitrogens with zero attached hydrogens (tertiary/aromatic N) is 1. The van der Waals surface area contributed by atoms with E-state index in [0.29, 0.717) is 9.26 Å². The van der Waals surface area contributed by atoms with E-state index >= 15 is 0 Å². The van der Waals surface area contributed by atoms with E-state index < -0.39 is 9.84 Å². The molecule has 4 nitrogen and oxygen atoms in total. The summed E-state index contributed by atoms with van der Waals surface area (Å²) in [5, 5.41) is 8.99. The van der Waals surface area contributed by atoms with Crippen molar-refractivity contribution in [2.75, 3.05) is 5.73 Å². The highest BCUT2D eigenvalue weighted by atomic mass is 127. The minimum absolute atomic E-state index is 0.0121. The van der Waals surface area contributed by atoms with Gasteiger partial charge in [-0.3, -0.25) is 0 Å². The van der Waals surface area contributed by atoms with Crippen LogP contribution in [-0.2, 0) is 9.84 Å². The first-order chi connectivity index (χ1) is 8.96.